The Bertz CT molecular complexity index is 1280. The monoisotopic (exact) mass is 455 g/mol. The molecule has 7 nitrogen and oxygen atoms in total. The van der Waals surface area contributed by atoms with E-state index in [2.05, 4.69) is 5.32 Å². The number of nitrogens with one attached hydrogen (secondary N) is 1. The number of anilines is 2. The summed E-state index contributed by atoms with van der Waals surface area (Å²) in [4.78, 5) is 24.5. The van der Waals surface area contributed by atoms with Crippen LogP contribution >= 0.6 is 11.3 Å². The van der Waals surface area contributed by atoms with Crippen LogP contribution in [0.25, 0.3) is 10.2 Å². The van der Waals surface area contributed by atoms with Crippen LogP contribution in [-0.2, 0) is 14.8 Å². The molecule has 0 saturated carbocycles. The first-order chi connectivity index (χ1) is 14.0. The van der Waals surface area contributed by atoms with Gasteiger partial charge in [0.2, 0.25) is 15.9 Å². The quantitative estimate of drug-likeness (QED) is 0.618. The molecule has 1 N–H and O–H groups in total. The lowest BCUT2D eigenvalue weighted by Crippen LogP contribution is -2.38. The number of amides is 1. The van der Waals surface area contributed by atoms with E-state index in [1.54, 1.807) is 22.8 Å². The van der Waals surface area contributed by atoms with Gasteiger partial charge in [-0.15, -0.1) is 0 Å². The maximum Gasteiger partial charge on any atom is 0.308 e. The van der Waals surface area contributed by atoms with Gasteiger partial charge in [0, 0.05) is 17.8 Å². The molecule has 0 aliphatic carbocycles. The lowest BCUT2D eigenvalue weighted by molar-refractivity contribution is -0.114. The summed E-state index contributed by atoms with van der Waals surface area (Å²) in [5.74, 6) is -2.69. The van der Waals surface area contributed by atoms with Crippen molar-refractivity contribution in [1.29, 1.82) is 0 Å². The summed E-state index contributed by atoms with van der Waals surface area (Å²) >= 11 is 1.03. The summed E-state index contributed by atoms with van der Waals surface area (Å²) in [6, 6.07) is 7.27. The maximum absolute atomic E-state index is 14.1. The average Bonchev–Trinajstić information content (AvgIpc) is 2.94. The molecule has 0 fully saturated rings. The highest BCUT2D eigenvalue weighted by atomic mass is 32.2. The van der Waals surface area contributed by atoms with Crippen molar-refractivity contribution in [1.82, 2.24) is 4.57 Å². The molecule has 0 bridgehead atoms. The predicted molar refractivity (Wildman–Crippen MR) is 114 cm³/mol. The molecule has 0 aliphatic rings. The van der Waals surface area contributed by atoms with Crippen LogP contribution in [0.15, 0.2) is 41.2 Å². The van der Waals surface area contributed by atoms with Crippen molar-refractivity contribution in [2.24, 2.45) is 0 Å². The molecule has 0 aliphatic heterocycles. The number of fused-ring (bicyclic) bond motifs is 1. The van der Waals surface area contributed by atoms with Crippen molar-refractivity contribution >= 4 is 48.9 Å². The van der Waals surface area contributed by atoms with Gasteiger partial charge in [0.25, 0.3) is 0 Å². The predicted octanol–water partition coefficient (Wildman–Crippen LogP) is 3.33. The van der Waals surface area contributed by atoms with Crippen LogP contribution < -0.4 is 14.5 Å². The highest BCUT2D eigenvalue weighted by Crippen LogP contribution is 2.25. The average molecular weight is 456 g/mol. The van der Waals surface area contributed by atoms with Crippen LogP contribution in [0.5, 0.6) is 0 Å². The normalized spacial score (nSPS) is 11.8. The van der Waals surface area contributed by atoms with E-state index in [1.165, 1.54) is 0 Å². The van der Waals surface area contributed by atoms with Crippen molar-refractivity contribution < 1.29 is 22.0 Å². The molecule has 2 aromatic carbocycles. The van der Waals surface area contributed by atoms with Crippen LogP contribution in [0.4, 0.5) is 20.2 Å². The molecule has 1 amide bonds. The minimum Gasteiger partial charge on any atom is -0.324 e. The first-order valence-electron chi connectivity index (χ1n) is 8.85. The van der Waals surface area contributed by atoms with Crippen molar-refractivity contribution in [3.63, 3.8) is 0 Å². The van der Waals surface area contributed by atoms with Gasteiger partial charge in [-0.1, -0.05) is 11.3 Å². The molecule has 0 unspecified atom stereocenters. The summed E-state index contributed by atoms with van der Waals surface area (Å²) < 4.78 is 54.3. The van der Waals surface area contributed by atoms with Crippen LogP contribution in [-0.4, -0.2) is 31.7 Å². The third kappa shape index (κ3) is 4.51. The van der Waals surface area contributed by atoms with E-state index in [9.17, 15) is 26.8 Å². The minimum absolute atomic E-state index is 0.0272. The molecule has 3 rings (SSSR count). The first-order valence-corrected chi connectivity index (χ1v) is 11.5. The van der Waals surface area contributed by atoms with Gasteiger partial charge in [-0.2, -0.15) is 0 Å². The van der Waals surface area contributed by atoms with E-state index in [0.29, 0.717) is 20.8 Å². The number of thiazole rings is 1. The zero-order valence-corrected chi connectivity index (χ0v) is 18.0. The van der Waals surface area contributed by atoms with Crippen LogP contribution in [0.2, 0.25) is 0 Å². The molecule has 30 heavy (non-hydrogen) atoms. The fraction of sp³-hybridized carbons (Fsp3) is 0.263. The molecule has 0 spiro atoms. The molecule has 3 aromatic rings. The lowest BCUT2D eigenvalue weighted by Gasteiger charge is -2.22. The van der Waals surface area contributed by atoms with E-state index in [-0.39, 0.29) is 10.9 Å². The van der Waals surface area contributed by atoms with Crippen molar-refractivity contribution in [3.05, 3.63) is 57.7 Å². The highest BCUT2D eigenvalue weighted by Gasteiger charge is 2.24. The standard InChI is InChI=1S/C19H19F2N3O4S2/c1-11(2)24-16-7-5-13(9-17(16)29-19(24)26)22-18(25)10-23(30(3,27)28)15-6-4-12(20)8-14(15)21/h4-9,11H,10H2,1-3H3,(H,22,25). The van der Waals surface area contributed by atoms with Gasteiger partial charge in [0.1, 0.15) is 18.2 Å². The zero-order valence-electron chi connectivity index (χ0n) is 16.3. The summed E-state index contributed by atoms with van der Waals surface area (Å²) in [6.45, 7) is 3.07. The van der Waals surface area contributed by atoms with Crippen molar-refractivity contribution in [2.75, 3.05) is 22.4 Å². The lowest BCUT2D eigenvalue weighted by atomic mass is 10.2. The number of hydrogen-bond donors (Lipinski definition) is 1. The Hall–Kier alpha value is -2.79. The summed E-state index contributed by atoms with van der Waals surface area (Å²) in [6.07, 6.45) is 0.821. The second kappa shape index (κ2) is 8.15. The largest absolute Gasteiger partial charge is 0.324 e. The Morgan fingerprint density at radius 1 is 1.20 bits per heavy atom. The third-order valence-electron chi connectivity index (χ3n) is 4.28. The maximum atomic E-state index is 14.1. The Morgan fingerprint density at radius 2 is 1.90 bits per heavy atom. The van der Waals surface area contributed by atoms with E-state index >= 15 is 0 Å². The minimum atomic E-state index is -4.02. The Labute approximate surface area is 175 Å². The topological polar surface area (TPSA) is 88.5 Å². The van der Waals surface area contributed by atoms with E-state index in [1.807, 2.05) is 13.8 Å². The molecular formula is C19H19F2N3O4S2. The number of halogens is 2. The molecule has 1 aromatic heterocycles. The molecule has 1 heterocycles. The van der Waals surface area contributed by atoms with Gasteiger partial charge in [-0.25, -0.2) is 17.2 Å². The fourth-order valence-electron chi connectivity index (χ4n) is 3.00. The number of sulfonamides is 1. The van der Waals surface area contributed by atoms with Gasteiger partial charge in [-0.05, 0) is 44.2 Å². The molecule has 0 atom stereocenters. The second-order valence-electron chi connectivity index (χ2n) is 6.93. The smallest absolute Gasteiger partial charge is 0.308 e. The number of carbonyl (C=O) groups is 1. The van der Waals surface area contributed by atoms with E-state index < -0.39 is 39.8 Å². The summed E-state index contributed by atoms with van der Waals surface area (Å²) in [5, 5.41) is 2.55. The molecule has 0 radical (unpaired) electrons. The Kier molecular flexibility index (Phi) is 5.95. The fourth-order valence-corrected chi connectivity index (χ4v) is 4.91. The van der Waals surface area contributed by atoms with Gasteiger partial charge in [0.15, 0.2) is 0 Å². The van der Waals surface area contributed by atoms with Gasteiger partial charge in [0.05, 0.1) is 22.2 Å². The van der Waals surface area contributed by atoms with E-state index in [4.69, 9.17) is 0 Å². The Morgan fingerprint density at radius 3 is 2.50 bits per heavy atom. The number of nitrogens with zero attached hydrogens (tertiary/aromatic N) is 2. The van der Waals surface area contributed by atoms with Gasteiger partial charge < -0.3 is 5.32 Å². The summed E-state index contributed by atoms with van der Waals surface area (Å²) in [7, 11) is -4.02. The first kappa shape index (κ1) is 21.9. The summed E-state index contributed by atoms with van der Waals surface area (Å²) in [5.41, 5.74) is 0.651. The number of benzene rings is 2. The number of aromatic nitrogens is 1. The highest BCUT2D eigenvalue weighted by molar-refractivity contribution is 7.92. The van der Waals surface area contributed by atoms with Crippen molar-refractivity contribution in [3.8, 4) is 0 Å². The second-order valence-corrected chi connectivity index (χ2v) is 9.83. The molecule has 11 heteroatoms. The Balaban J connectivity index is 1.86. The van der Waals surface area contributed by atoms with Gasteiger partial charge in [-0.3, -0.25) is 18.5 Å². The SMILES string of the molecule is CC(C)n1c(=O)sc2cc(NC(=O)CN(c3ccc(F)cc3F)S(C)(=O)=O)ccc21. The molecule has 0 saturated heterocycles. The number of carbonyl (C=O) groups excluding carboxylic acids is 1. The molecular weight excluding hydrogens is 436 g/mol. The molecule has 160 valence electrons. The zero-order chi connectivity index (χ0) is 22.2. The van der Waals surface area contributed by atoms with Crippen molar-refractivity contribution in [2.45, 2.75) is 19.9 Å². The number of hydrogen-bond acceptors (Lipinski definition) is 5. The van der Waals surface area contributed by atoms with Crippen LogP contribution in [0, 0.1) is 11.6 Å². The third-order valence-corrected chi connectivity index (χ3v) is 6.32. The number of rotatable bonds is 6. The van der Waals surface area contributed by atoms with E-state index in [0.717, 1.165) is 35.2 Å². The van der Waals surface area contributed by atoms with Crippen LogP contribution in [0.1, 0.15) is 19.9 Å². The van der Waals surface area contributed by atoms with Gasteiger partial charge >= 0.3 is 4.87 Å². The van der Waals surface area contributed by atoms with Crippen LogP contribution in [0.3, 0.4) is 0 Å².